The van der Waals surface area contributed by atoms with Gasteiger partial charge in [0.25, 0.3) is 0 Å². The molecule has 0 radical (unpaired) electrons. The van der Waals surface area contributed by atoms with E-state index in [2.05, 4.69) is 26.1 Å². The molecule has 0 amide bonds. The van der Waals surface area contributed by atoms with Crippen LogP contribution in [0.15, 0.2) is 28.7 Å². The van der Waals surface area contributed by atoms with Gasteiger partial charge < -0.3 is 20.1 Å². The van der Waals surface area contributed by atoms with Crippen LogP contribution in [0.2, 0.25) is 0 Å². The Kier molecular flexibility index (Phi) is 7.50. The molecule has 1 saturated heterocycles. The molecule has 2 rings (SSSR count). The molecule has 1 aliphatic rings. The monoisotopic (exact) mass is 356 g/mol. The molecule has 1 fully saturated rings. The highest BCUT2D eigenvalue weighted by Crippen LogP contribution is 2.16. The van der Waals surface area contributed by atoms with Crippen molar-refractivity contribution in [2.45, 2.75) is 25.4 Å². The summed E-state index contributed by atoms with van der Waals surface area (Å²) in [6, 6.07) is 7.64. The number of nitrogens with zero attached hydrogens (tertiary/aromatic N) is 1. The minimum absolute atomic E-state index is 0.320. The van der Waals surface area contributed by atoms with Crippen LogP contribution in [0.5, 0.6) is 5.75 Å². The van der Waals surface area contributed by atoms with Crippen molar-refractivity contribution in [3.05, 3.63) is 28.7 Å². The summed E-state index contributed by atoms with van der Waals surface area (Å²) >= 11 is 3.38. The van der Waals surface area contributed by atoms with Crippen molar-refractivity contribution in [3.63, 3.8) is 0 Å². The molecule has 1 unspecified atom stereocenters. The molecule has 0 saturated carbocycles. The number of aliphatic hydroxyl groups excluding tert-OH is 1. The molecule has 0 spiro atoms. The third-order valence-electron chi connectivity index (χ3n) is 3.66. The number of benzene rings is 1. The van der Waals surface area contributed by atoms with E-state index in [0.29, 0.717) is 13.2 Å². The number of halogens is 1. The second-order valence-electron chi connectivity index (χ2n) is 5.53. The first-order valence-electron chi connectivity index (χ1n) is 7.73. The van der Waals surface area contributed by atoms with Gasteiger partial charge >= 0.3 is 0 Å². The number of likely N-dealkylation sites (tertiary alicyclic amines) is 1. The van der Waals surface area contributed by atoms with Crippen LogP contribution in [0.4, 0.5) is 0 Å². The minimum Gasteiger partial charge on any atom is -0.491 e. The quantitative estimate of drug-likeness (QED) is 0.666. The second-order valence-corrected chi connectivity index (χ2v) is 6.44. The molecule has 4 nitrogen and oxygen atoms in total. The van der Waals surface area contributed by atoms with E-state index in [1.54, 1.807) is 0 Å². The highest BCUT2D eigenvalue weighted by Gasteiger charge is 2.10. The van der Waals surface area contributed by atoms with Gasteiger partial charge in [0, 0.05) is 11.0 Å². The van der Waals surface area contributed by atoms with Crippen molar-refractivity contribution in [2.75, 3.05) is 39.3 Å². The lowest BCUT2D eigenvalue weighted by molar-refractivity contribution is 0.106. The maximum Gasteiger partial charge on any atom is 0.119 e. The summed E-state index contributed by atoms with van der Waals surface area (Å²) in [4.78, 5) is 2.51. The lowest BCUT2D eigenvalue weighted by Gasteiger charge is -2.16. The molecule has 1 aromatic carbocycles. The van der Waals surface area contributed by atoms with E-state index in [0.717, 1.165) is 23.2 Å². The van der Waals surface area contributed by atoms with Gasteiger partial charge in [0.05, 0.1) is 0 Å². The van der Waals surface area contributed by atoms with Gasteiger partial charge in [-0.15, -0.1) is 0 Å². The smallest absolute Gasteiger partial charge is 0.119 e. The van der Waals surface area contributed by atoms with Gasteiger partial charge in [0.2, 0.25) is 0 Å². The van der Waals surface area contributed by atoms with E-state index in [4.69, 9.17) is 4.74 Å². The van der Waals surface area contributed by atoms with Crippen LogP contribution in [0.1, 0.15) is 19.3 Å². The van der Waals surface area contributed by atoms with Crippen LogP contribution in [-0.2, 0) is 0 Å². The van der Waals surface area contributed by atoms with Crippen LogP contribution < -0.4 is 10.1 Å². The molecule has 5 heteroatoms. The molecule has 0 bridgehead atoms. The zero-order valence-corrected chi connectivity index (χ0v) is 14.0. The number of rotatable bonds is 9. The molecular formula is C16H25BrN2O2. The van der Waals surface area contributed by atoms with Gasteiger partial charge in [-0.25, -0.2) is 0 Å². The molecule has 2 N–H and O–H groups in total. The minimum atomic E-state index is -0.472. The summed E-state index contributed by atoms with van der Waals surface area (Å²) in [5, 5.41) is 13.2. The lowest BCUT2D eigenvalue weighted by atomic mass is 10.3. The number of ether oxygens (including phenoxy) is 1. The van der Waals surface area contributed by atoms with Crippen LogP contribution in [0.3, 0.4) is 0 Å². The first kappa shape index (κ1) is 16.7. The molecule has 1 heterocycles. The molecule has 0 aliphatic carbocycles. The van der Waals surface area contributed by atoms with Gasteiger partial charge in [-0.1, -0.05) is 15.9 Å². The largest absolute Gasteiger partial charge is 0.491 e. The third kappa shape index (κ3) is 6.78. The van der Waals surface area contributed by atoms with Crippen LogP contribution in [0, 0.1) is 0 Å². The average molecular weight is 357 g/mol. The van der Waals surface area contributed by atoms with Gasteiger partial charge in [0.1, 0.15) is 18.5 Å². The lowest BCUT2D eigenvalue weighted by Crippen LogP contribution is -2.33. The Labute approximate surface area is 135 Å². The Morgan fingerprint density at radius 1 is 1.24 bits per heavy atom. The number of nitrogens with one attached hydrogen (secondary N) is 1. The molecule has 0 aromatic heterocycles. The predicted molar refractivity (Wildman–Crippen MR) is 88.8 cm³/mol. The van der Waals surface area contributed by atoms with Crippen molar-refractivity contribution in [2.24, 2.45) is 0 Å². The first-order valence-corrected chi connectivity index (χ1v) is 8.53. The van der Waals surface area contributed by atoms with Gasteiger partial charge in [0.15, 0.2) is 0 Å². The fourth-order valence-corrected chi connectivity index (χ4v) is 2.75. The van der Waals surface area contributed by atoms with Gasteiger partial charge in [-0.2, -0.15) is 0 Å². The summed E-state index contributed by atoms with van der Waals surface area (Å²) in [5.74, 6) is 0.784. The zero-order valence-electron chi connectivity index (χ0n) is 12.4. The van der Waals surface area contributed by atoms with E-state index in [-0.39, 0.29) is 0 Å². The Hall–Kier alpha value is -0.620. The SMILES string of the molecule is OC(CNCCCN1CCCC1)COc1ccc(Br)cc1. The van der Waals surface area contributed by atoms with Crippen LogP contribution >= 0.6 is 15.9 Å². The van der Waals surface area contributed by atoms with Crippen molar-refractivity contribution in [1.82, 2.24) is 10.2 Å². The standard InChI is InChI=1S/C16H25BrN2O2/c17-14-4-6-16(7-5-14)21-13-15(20)12-18-8-3-11-19-9-1-2-10-19/h4-7,15,18,20H,1-3,8-13H2. The van der Waals surface area contributed by atoms with Crippen LogP contribution in [-0.4, -0.2) is 55.4 Å². The highest BCUT2D eigenvalue weighted by atomic mass is 79.9. The summed E-state index contributed by atoms with van der Waals surface area (Å²) in [6.07, 6.45) is 3.36. The van der Waals surface area contributed by atoms with Crippen molar-refractivity contribution < 1.29 is 9.84 Å². The summed E-state index contributed by atoms with van der Waals surface area (Å²) in [5.41, 5.74) is 0. The summed E-state index contributed by atoms with van der Waals surface area (Å²) in [7, 11) is 0. The van der Waals surface area contributed by atoms with E-state index >= 15 is 0 Å². The van der Waals surface area contributed by atoms with E-state index in [9.17, 15) is 5.11 Å². The number of hydrogen-bond donors (Lipinski definition) is 2. The maximum atomic E-state index is 9.87. The van der Waals surface area contributed by atoms with Crippen molar-refractivity contribution >= 4 is 15.9 Å². The third-order valence-corrected chi connectivity index (χ3v) is 4.19. The van der Waals surface area contributed by atoms with Gasteiger partial charge in [-0.05, 0) is 69.7 Å². The number of aliphatic hydroxyl groups is 1. The average Bonchev–Trinajstić information content (AvgIpc) is 2.99. The predicted octanol–water partition coefficient (Wildman–Crippen LogP) is 2.26. The molecule has 1 atom stereocenters. The Morgan fingerprint density at radius 2 is 1.95 bits per heavy atom. The molecule has 118 valence electrons. The molecule has 1 aliphatic heterocycles. The molecule has 1 aromatic rings. The zero-order chi connectivity index (χ0) is 14.9. The first-order chi connectivity index (χ1) is 10.2. The highest BCUT2D eigenvalue weighted by molar-refractivity contribution is 9.10. The van der Waals surface area contributed by atoms with E-state index in [1.807, 2.05) is 24.3 Å². The van der Waals surface area contributed by atoms with Crippen molar-refractivity contribution in [1.29, 1.82) is 0 Å². The molecule has 21 heavy (non-hydrogen) atoms. The van der Waals surface area contributed by atoms with Crippen molar-refractivity contribution in [3.8, 4) is 5.75 Å². The summed E-state index contributed by atoms with van der Waals surface area (Å²) in [6.45, 7) is 5.52. The Bertz CT molecular complexity index is 394. The Morgan fingerprint density at radius 3 is 2.67 bits per heavy atom. The fourth-order valence-electron chi connectivity index (χ4n) is 2.48. The fraction of sp³-hybridized carbons (Fsp3) is 0.625. The second kappa shape index (κ2) is 9.41. The molecular weight excluding hydrogens is 332 g/mol. The maximum absolute atomic E-state index is 9.87. The summed E-state index contributed by atoms with van der Waals surface area (Å²) < 4.78 is 6.57. The number of hydrogen-bond acceptors (Lipinski definition) is 4. The van der Waals surface area contributed by atoms with E-state index < -0.39 is 6.10 Å². The normalized spacial score (nSPS) is 17.0. The van der Waals surface area contributed by atoms with E-state index in [1.165, 1.54) is 32.5 Å². The Balaban J connectivity index is 1.49. The topological polar surface area (TPSA) is 44.7 Å². The van der Waals surface area contributed by atoms with Gasteiger partial charge in [-0.3, -0.25) is 0 Å². The van der Waals surface area contributed by atoms with Crippen LogP contribution in [0.25, 0.3) is 0 Å².